The fourth-order valence-corrected chi connectivity index (χ4v) is 2.68. The minimum absolute atomic E-state index is 0.0639. The van der Waals surface area contributed by atoms with Gasteiger partial charge < -0.3 is 10.1 Å². The number of hydrogen-bond donors (Lipinski definition) is 1. The molecule has 1 N–H and O–H groups in total. The maximum atomic E-state index is 14.6. The van der Waals surface area contributed by atoms with Gasteiger partial charge in [-0.25, -0.2) is 4.39 Å². The summed E-state index contributed by atoms with van der Waals surface area (Å²) < 4.78 is 20.0. The zero-order chi connectivity index (χ0) is 19.8. The first kappa shape index (κ1) is 19.4. The number of rotatable bonds is 6. The smallest absolute Gasteiger partial charge is 0.251 e. The maximum Gasteiger partial charge on any atom is 0.251 e. The van der Waals surface area contributed by atoms with Crippen LogP contribution in [0.1, 0.15) is 35.7 Å². The van der Waals surface area contributed by atoms with Crippen LogP contribution < -0.4 is 10.1 Å². The molecule has 28 heavy (non-hydrogen) atoms. The van der Waals surface area contributed by atoms with Gasteiger partial charge in [0.05, 0.1) is 5.52 Å². The van der Waals surface area contributed by atoms with Gasteiger partial charge in [0.2, 0.25) is 0 Å². The number of halogens is 1. The van der Waals surface area contributed by atoms with Crippen LogP contribution in [-0.2, 0) is 6.54 Å². The van der Waals surface area contributed by atoms with Crippen LogP contribution in [0.25, 0.3) is 10.9 Å². The summed E-state index contributed by atoms with van der Waals surface area (Å²) in [5.74, 6) is 5.18. The summed E-state index contributed by atoms with van der Waals surface area (Å²) in [4.78, 5) is 16.7. The molecule has 0 spiro atoms. The highest BCUT2D eigenvalue weighted by Gasteiger charge is 2.11. The number of aromatic nitrogens is 1. The highest BCUT2D eigenvalue weighted by atomic mass is 19.1. The van der Waals surface area contributed by atoms with Crippen LogP contribution in [0.2, 0.25) is 0 Å². The van der Waals surface area contributed by atoms with E-state index in [0.717, 1.165) is 23.7 Å². The molecule has 0 aliphatic carbocycles. The van der Waals surface area contributed by atoms with Crippen LogP contribution >= 0.6 is 0 Å². The largest absolute Gasteiger partial charge is 0.478 e. The first-order valence-corrected chi connectivity index (χ1v) is 9.18. The van der Waals surface area contributed by atoms with Gasteiger partial charge in [-0.2, -0.15) is 0 Å². The Hall–Kier alpha value is -3.39. The SMILES string of the molecule is CCCC#CCOc1cccc(CNC(=O)c2ccc3ncccc3c2)c1F. The van der Waals surface area contributed by atoms with Crippen molar-refractivity contribution in [2.75, 3.05) is 6.61 Å². The first-order valence-electron chi connectivity index (χ1n) is 9.18. The van der Waals surface area contributed by atoms with E-state index in [4.69, 9.17) is 4.74 Å². The number of ether oxygens (including phenoxy) is 1. The molecule has 0 atom stereocenters. The summed E-state index contributed by atoms with van der Waals surface area (Å²) in [5, 5.41) is 3.62. The zero-order valence-corrected chi connectivity index (χ0v) is 15.7. The number of benzene rings is 2. The van der Waals surface area contributed by atoms with Crippen LogP contribution in [-0.4, -0.2) is 17.5 Å². The normalized spacial score (nSPS) is 10.2. The van der Waals surface area contributed by atoms with Gasteiger partial charge in [0, 0.05) is 35.7 Å². The molecular formula is C23H21FN2O2. The highest BCUT2D eigenvalue weighted by molar-refractivity contribution is 5.97. The predicted octanol–water partition coefficient (Wildman–Crippen LogP) is 4.49. The summed E-state index contributed by atoms with van der Waals surface area (Å²) in [7, 11) is 0. The molecule has 0 radical (unpaired) electrons. The zero-order valence-electron chi connectivity index (χ0n) is 15.7. The Labute approximate surface area is 163 Å². The number of unbranched alkanes of at least 4 members (excludes halogenated alkanes) is 1. The van der Waals surface area contributed by atoms with Crippen LogP contribution in [0.4, 0.5) is 4.39 Å². The topological polar surface area (TPSA) is 51.2 Å². The van der Waals surface area contributed by atoms with Crippen molar-refractivity contribution in [1.82, 2.24) is 10.3 Å². The Balaban J connectivity index is 1.64. The molecule has 5 heteroatoms. The van der Waals surface area contributed by atoms with Crippen molar-refractivity contribution in [3.63, 3.8) is 0 Å². The van der Waals surface area contributed by atoms with Gasteiger partial charge in [-0.1, -0.05) is 37.0 Å². The van der Waals surface area contributed by atoms with Gasteiger partial charge >= 0.3 is 0 Å². The van der Waals surface area contributed by atoms with E-state index >= 15 is 0 Å². The van der Waals surface area contributed by atoms with Crippen LogP contribution in [0.3, 0.4) is 0 Å². The van der Waals surface area contributed by atoms with Gasteiger partial charge in [0.15, 0.2) is 11.6 Å². The molecule has 1 heterocycles. The summed E-state index contributed by atoms with van der Waals surface area (Å²) in [6, 6.07) is 13.8. The Kier molecular flexibility index (Phi) is 6.59. The average Bonchev–Trinajstić information content (AvgIpc) is 2.73. The van der Waals surface area contributed by atoms with E-state index in [2.05, 4.69) is 22.1 Å². The first-order chi connectivity index (χ1) is 13.7. The molecule has 0 aliphatic rings. The number of amides is 1. The van der Waals surface area contributed by atoms with Crippen molar-refractivity contribution < 1.29 is 13.9 Å². The van der Waals surface area contributed by atoms with Gasteiger partial charge in [-0.05, 0) is 36.8 Å². The second-order valence-corrected chi connectivity index (χ2v) is 6.22. The van der Waals surface area contributed by atoms with Gasteiger partial charge in [0.25, 0.3) is 5.91 Å². The number of pyridine rings is 1. The molecule has 2 aromatic carbocycles. The monoisotopic (exact) mass is 376 g/mol. The van der Waals surface area contributed by atoms with E-state index in [9.17, 15) is 9.18 Å². The fraction of sp³-hybridized carbons (Fsp3) is 0.217. The average molecular weight is 376 g/mol. The van der Waals surface area contributed by atoms with Gasteiger partial charge in [0.1, 0.15) is 6.61 Å². The number of carbonyl (C=O) groups excluding carboxylic acids is 1. The second kappa shape index (κ2) is 9.52. The summed E-state index contributed by atoms with van der Waals surface area (Å²) in [6.07, 6.45) is 3.47. The van der Waals surface area contributed by atoms with Crippen LogP contribution in [0.5, 0.6) is 5.75 Å². The minimum atomic E-state index is -0.484. The number of nitrogens with one attached hydrogen (secondary N) is 1. The summed E-state index contributed by atoms with van der Waals surface area (Å²) >= 11 is 0. The molecule has 0 fully saturated rings. The lowest BCUT2D eigenvalue weighted by Crippen LogP contribution is -2.23. The third-order valence-electron chi connectivity index (χ3n) is 4.15. The number of nitrogens with zero attached hydrogens (tertiary/aromatic N) is 1. The van der Waals surface area contributed by atoms with Crippen molar-refractivity contribution in [1.29, 1.82) is 0 Å². The molecule has 4 nitrogen and oxygen atoms in total. The van der Waals surface area contributed by atoms with Gasteiger partial charge in [-0.15, -0.1) is 0 Å². The molecule has 1 amide bonds. The Morgan fingerprint density at radius 1 is 1.18 bits per heavy atom. The van der Waals surface area contributed by atoms with Gasteiger partial charge in [-0.3, -0.25) is 9.78 Å². The molecule has 0 unspecified atom stereocenters. The Bertz CT molecular complexity index is 1040. The molecule has 0 saturated heterocycles. The quantitative estimate of drug-likeness (QED) is 0.645. The molecule has 1 aromatic heterocycles. The third-order valence-corrected chi connectivity index (χ3v) is 4.15. The number of carbonyl (C=O) groups is 1. The molecule has 0 aliphatic heterocycles. The van der Waals surface area contributed by atoms with Crippen molar-refractivity contribution >= 4 is 16.8 Å². The molecule has 142 valence electrons. The lowest BCUT2D eigenvalue weighted by molar-refractivity contribution is 0.0950. The van der Waals surface area contributed by atoms with Crippen molar-refractivity contribution in [3.05, 3.63) is 71.7 Å². The number of hydrogen-bond acceptors (Lipinski definition) is 3. The highest BCUT2D eigenvalue weighted by Crippen LogP contribution is 2.20. The minimum Gasteiger partial charge on any atom is -0.478 e. The van der Waals surface area contributed by atoms with Crippen molar-refractivity contribution in [2.24, 2.45) is 0 Å². The van der Waals surface area contributed by atoms with E-state index in [1.807, 2.05) is 19.1 Å². The maximum absolute atomic E-state index is 14.6. The van der Waals surface area contributed by atoms with Crippen molar-refractivity contribution in [2.45, 2.75) is 26.3 Å². The van der Waals surface area contributed by atoms with E-state index in [1.54, 1.807) is 42.6 Å². The molecule has 0 saturated carbocycles. The van der Waals surface area contributed by atoms with Crippen LogP contribution in [0.15, 0.2) is 54.7 Å². The fourth-order valence-electron chi connectivity index (χ4n) is 2.68. The lowest BCUT2D eigenvalue weighted by atomic mass is 10.1. The molecular weight excluding hydrogens is 355 g/mol. The van der Waals surface area contributed by atoms with E-state index in [0.29, 0.717) is 11.1 Å². The molecule has 3 rings (SSSR count). The van der Waals surface area contributed by atoms with E-state index < -0.39 is 5.82 Å². The number of fused-ring (bicyclic) bond motifs is 1. The molecule has 3 aromatic rings. The summed E-state index contributed by atoms with van der Waals surface area (Å²) in [5.41, 5.74) is 1.67. The Morgan fingerprint density at radius 3 is 2.93 bits per heavy atom. The lowest BCUT2D eigenvalue weighted by Gasteiger charge is -2.10. The van der Waals surface area contributed by atoms with Crippen molar-refractivity contribution in [3.8, 4) is 17.6 Å². The standard InChI is InChI=1S/C23H21FN2O2/c1-2-3-4-5-14-28-21-10-6-8-19(22(21)24)16-26-23(27)18-11-12-20-17(15-18)9-7-13-25-20/h6-13,15H,2-3,14,16H2,1H3,(H,26,27). The molecule has 0 bridgehead atoms. The Morgan fingerprint density at radius 2 is 2.07 bits per heavy atom. The van der Waals surface area contributed by atoms with E-state index in [-0.39, 0.29) is 24.8 Å². The van der Waals surface area contributed by atoms with Crippen LogP contribution in [0, 0.1) is 17.7 Å². The predicted molar refractivity (Wildman–Crippen MR) is 107 cm³/mol. The third kappa shape index (κ3) is 4.86. The van der Waals surface area contributed by atoms with E-state index in [1.165, 1.54) is 0 Å². The second-order valence-electron chi connectivity index (χ2n) is 6.22. The summed E-state index contributed by atoms with van der Waals surface area (Å²) in [6.45, 7) is 2.24.